The fourth-order valence-corrected chi connectivity index (χ4v) is 4.05. The molecule has 1 aliphatic rings. The smallest absolute Gasteiger partial charge is 0.310 e. The average Bonchev–Trinajstić information content (AvgIpc) is 2.71. The van der Waals surface area contributed by atoms with Crippen LogP contribution in [0.4, 0.5) is 0 Å². The average molecular weight is 514 g/mol. The summed E-state index contributed by atoms with van der Waals surface area (Å²) in [5.41, 5.74) is -1.00. The third-order valence-corrected chi connectivity index (χ3v) is 4.84. The maximum absolute atomic E-state index is 12.6. The highest BCUT2D eigenvalue weighted by Crippen LogP contribution is 2.34. The van der Waals surface area contributed by atoms with Crippen molar-refractivity contribution >= 4 is 43.6 Å². The molecule has 7 heteroatoms. The summed E-state index contributed by atoms with van der Waals surface area (Å²) in [5.74, 6) is -0.451. The molecule has 1 saturated heterocycles. The third-order valence-electron chi connectivity index (χ3n) is 3.97. The molecule has 4 nitrogen and oxygen atoms in total. The Bertz CT molecular complexity index is 574. The van der Waals surface area contributed by atoms with E-state index in [2.05, 4.69) is 38.8 Å². The number of aromatic nitrogens is 1. The van der Waals surface area contributed by atoms with Gasteiger partial charge in [-0.25, -0.2) is 0 Å². The normalized spacial score (nSPS) is 23.3. The van der Waals surface area contributed by atoms with Crippen molar-refractivity contribution in [2.45, 2.75) is 51.7 Å². The number of ketones is 1. The summed E-state index contributed by atoms with van der Waals surface area (Å²) in [5, 5.41) is 0. The molecule has 0 amide bonds. The number of hydrogen-bond donors (Lipinski definition) is 0. The number of esters is 1. The maximum atomic E-state index is 12.6. The van der Waals surface area contributed by atoms with Crippen LogP contribution < -0.4 is 21.5 Å². The van der Waals surface area contributed by atoms with E-state index in [9.17, 15) is 9.59 Å². The fourth-order valence-electron chi connectivity index (χ4n) is 2.73. The molecule has 0 bridgehead atoms. The second-order valence-electron chi connectivity index (χ2n) is 5.96. The Hall–Kier alpha value is -0.270. The van der Waals surface area contributed by atoms with Crippen molar-refractivity contribution in [2.75, 3.05) is 0 Å². The minimum Gasteiger partial charge on any atom is -1.00 e. The largest absolute Gasteiger partial charge is 1.00 e. The molecule has 2 atom stereocenters. The van der Waals surface area contributed by atoms with E-state index in [1.165, 1.54) is 0 Å². The minimum atomic E-state index is -1.00. The summed E-state index contributed by atoms with van der Waals surface area (Å²) in [6.45, 7) is 4.00. The van der Waals surface area contributed by atoms with Crippen molar-refractivity contribution in [3.8, 4) is 0 Å². The van der Waals surface area contributed by atoms with Crippen molar-refractivity contribution in [2.24, 2.45) is 5.92 Å². The van der Waals surface area contributed by atoms with Gasteiger partial charge in [0.05, 0.1) is 14.9 Å². The van der Waals surface area contributed by atoms with Crippen LogP contribution in [0.1, 0.15) is 39.5 Å². The summed E-state index contributed by atoms with van der Waals surface area (Å²) in [6, 6.07) is 1.90. The highest BCUT2D eigenvalue weighted by molar-refractivity contribution is 9.11. The molecule has 1 aromatic heterocycles. The minimum absolute atomic E-state index is 0. The van der Waals surface area contributed by atoms with Crippen molar-refractivity contribution < 1.29 is 35.9 Å². The molecule has 1 fully saturated rings. The van der Waals surface area contributed by atoms with Crippen molar-refractivity contribution in [1.29, 1.82) is 0 Å². The summed E-state index contributed by atoms with van der Waals surface area (Å²) >= 11 is 6.80. The molecule has 2 unspecified atom stereocenters. The number of nitrogens with zero attached hydrogens (tertiary/aromatic N) is 1. The van der Waals surface area contributed by atoms with E-state index in [0.717, 1.165) is 28.2 Å². The maximum Gasteiger partial charge on any atom is 0.310 e. The Balaban J connectivity index is 0.00000264. The van der Waals surface area contributed by atoms with E-state index < -0.39 is 5.60 Å². The Morgan fingerprint density at radius 1 is 1.39 bits per heavy atom. The standard InChI is InChI=1S/C16H20Br2NO3.BrH/c1-3-4-5-11-7-16(2,22-15(11)21)14(20)10-19-8-12(17)6-13(18)9-19;/h6,8-9,11H,3-5,7,10H2,1-2H3;1H/q+1;/p-1. The molecule has 0 aliphatic carbocycles. The van der Waals surface area contributed by atoms with Crippen molar-refractivity contribution in [1.82, 2.24) is 0 Å². The van der Waals surface area contributed by atoms with Crippen LogP contribution in [0.25, 0.3) is 0 Å². The zero-order valence-corrected chi connectivity index (χ0v) is 17.9. The first kappa shape index (κ1) is 20.8. The molecule has 0 spiro atoms. The Labute approximate surface area is 164 Å². The summed E-state index contributed by atoms with van der Waals surface area (Å²) < 4.78 is 8.97. The van der Waals surface area contributed by atoms with Crippen molar-refractivity contribution in [3.63, 3.8) is 0 Å². The van der Waals surface area contributed by atoms with E-state index in [1.807, 2.05) is 18.5 Å². The number of hydrogen-bond acceptors (Lipinski definition) is 3. The number of rotatable bonds is 6. The van der Waals surface area contributed by atoms with Crippen LogP contribution in [0.15, 0.2) is 27.4 Å². The highest BCUT2D eigenvalue weighted by atomic mass is 79.9. The first-order valence-corrected chi connectivity index (χ1v) is 9.04. The molecule has 2 heterocycles. The molecule has 0 aromatic carbocycles. The van der Waals surface area contributed by atoms with Gasteiger partial charge in [-0.3, -0.25) is 9.59 Å². The van der Waals surface area contributed by atoms with E-state index >= 15 is 0 Å². The monoisotopic (exact) mass is 511 g/mol. The Kier molecular flexibility index (Phi) is 7.87. The molecule has 128 valence electrons. The molecule has 1 aromatic rings. The van der Waals surface area contributed by atoms with Crippen LogP contribution in [0.2, 0.25) is 0 Å². The van der Waals surface area contributed by atoms with Crippen LogP contribution in [0.5, 0.6) is 0 Å². The van der Waals surface area contributed by atoms with Gasteiger partial charge in [0, 0.05) is 6.42 Å². The van der Waals surface area contributed by atoms with Gasteiger partial charge < -0.3 is 21.7 Å². The SMILES string of the molecule is CCCCC1CC(C)(C(=O)C[n+]2cc(Br)cc(Br)c2)OC1=O.[Br-]. The number of halogens is 3. The van der Waals surface area contributed by atoms with E-state index in [-0.39, 0.29) is 41.2 Å². The lowest BCUT2D eigenvalue weighted by atomic mass is 9.89. The molecule has 0 radical (unpaired) electrons. The number of cyclic esters (lactones) is 1. The van der Waals surface area contributed by atoms with Crippen LogP contribution in [0.3, 0.4) is 0 Å². The van der Waals surface area contributed by atoms with E-state index in [0.29, 0.717) is 6.42 Å². The number of carbonyl (C=O) groups is 2. The molecular formula is C16H20Br3NO3. The second-order valence-corrected chi connectivity index (χ2v) is 7.79. The molecular weight excluding hydrogens is 494 g/mol. The topological polar surface area (TPSA) is 47.2 Å². The number of carbonyl (C=O) groups excluding carboxylic acids is 2. The van der Waals surface area contributed by atoms with Gasteiger partial charge in [0.15, 0.2) is 18.0 Å². The predicted molar refractivity (Wildman–Crippen MR) is 89.2 cm³/mol. The molecule has 2 rings (SSSR count). The van der Waals surface area contributed by atoms with Crippen LogP contribution in [-0.4, -0.2) is 17.4 Å². The summed E-state index contributed by atoms with van der Waals surface area (Å²) in [6.07, 6.45) is 6.97. The quantitative estimate of drug-likeness (QED) is 0.413. The molecule has 1 aliphatic heterocycles. The number of unbranched alkanes of at least 4 members (excludes halogenated alkanes) is 1. The lowest BCUT2D eigenvalue weighted by molar-refractivity contribution is -0.685. The van der Waals surface area contributed by atoms with Gasteiger partial charge in [-0.05, 0) is 51.3 Å². The molecule has 23 heavy (non-hydrogen) atoms. The van der Waals surface area contributed by atoms with E-state index in [4.69, 9.17) is 4.74 Å². The molecule has 0 N–H and O–H groups in total. The molecule has 0 saturated carbocycles. The first-order valence-electron chi connectivity index (χ1n) is 7.45. The summed E-state index contributed by atoms with van der Waals surface area (Å²) in [4.78, 5) is 24.6. The van der Waals surface area contributed by atoms with Crippen LogP contribution in [0, 0.1) is 5.92 Å². The first-order chi connectivity index (χ1) is 10.3. The van der Waals surface area contributed by atoms with Crippen LogP contribution in [-0.2, 0) is 20.9 Å². The fraction of sp³-hybridized carbons (Fsp3) is 0.562. The van der Waals surface area contributed by atoms with Crippen molar-refractivity contribution in [3.05, 3.63) is 27.4 Å². The zero-order valence-electron chi connectivity index (χ0n) is 13.2. The Morgan fingerprint density at radius 2 is 2.00 bits per heavy atom. The van der Waals surface area contributed by atoms with Crippen LogP contribution >= 0.6 is 31.9 Å². The van der Waals surface area contributed by atoms with Gasteiger partial charge in [0.1, 0.15) is 0 Å². The second kappa shape index (κ2) is 8.72. The summed E-state index contributed by atoms with van der Waals surface area (Å²) in [7, 11) is 0. The lowest BCUT2D eigenvalue weighted by Gasteiger charge is -2.19. The number of Topliss-reactive ketones (excluding diaryl/α,β-unsaturated/α-hetero) is 1. The number of pyridine rings is 1. The van der Waals surface area contributed by atoms with Gasteiger partial charge in [-0.1, -0.05) is 19.8 Å². The zero-order chi connectivity index (χ0) is 16.3. The van der Waals surface area contributed by atoms with Gasteiger partial charge in [-0.15, -0.1) is 0 Å². The van der Waals surface area contributed by atoms with Gasteiger partial charge in [0.2, 0.25) is 12.3 Å². The van der Waals surface area contributed by atoms with Gasteiger partial charge in [-0.2, -0.15) is 4.57 Å². The Morgan fingerprint density at radius 3 is 2.57 bits per heavy atom. The number of ether oxygens (including phenoxy) is 1. The predicted octanol–water partition coefficient (Wildman–Crippen LogP) is 0.584. The van der Waals surface area contributed by atoms with Gasteiger partial charge in [0.25, 0.3) is 0 Å². The van der Waals surface area contributed by atoms with E-state index in [1.54, 1.807) is 11.5 Å². The third kappa shape index (κ3) is 5.36. The van der Waals surface area contributed by atoms with Gasteiger partial charge >= 0.3 is 5.97 Å². The lowest BCUT2D eigenvalue weighted by Crippen LogP contribution is -3.00. The highest BCUT2D eigenvalue weighted by Gasteiger charge is 2.49.